The van der Waals surface area contributed by atoms with Gasteiger partial charge in [0.2, 0.25) is 0 Å². The molecule has 2 aromatic carbocycles. The molecule has 2 aliphatic rings. The Balaban J connectivity index is 1.64. The number of methoxy groups -OCH3 is 1. The van der Waals surface area contributed by atoms with E-state index in [1.807, 2.05) is 65.6 Å². The molecular formula is C31H30N4O3. The summed E-state index contributed by atoms with van der Waals surface area (Å²) in [5.74, 6) is 1.15. The number of rotatable bonds is 6. The van der Waals surface area contributed by atoms with E-state index < -0.39 is 5.92 Å². The maximum absolute atomic E-state index is 13.8. The molecule has 0 spiro atoms. The van der Waals surface area contributed by atoms with Crippen LogP contribution in [0.5, 0.6) is 11.5 Å². The molecule has 3 aromatic rings. The smallest absolute Gasteiger partial charge is 0.162 e. The zero-order valence-corrected chi connectivity index (χ0v) is 21.8. The summed E-state index contributed by atoms with van der Waals surface area (Å²) in [6.07, 6.45) is 4.41. The Bertz CT molecular complexity index is 1470. The number of hydrogen-bond acceptors (Lipinski definition) is 7. The first kappa shape index (κ1) is 25.1. The second kappa shape index (κ2) is 10.1. The molecule has 0 radical (unpaired) electrons. The number of nitriles is 1. The summed E-state index contributed by atoms with van der Waals surface area (Å²) < 4.78 is 11.6. The quantitative estimate of drug-likeness (QED) is 0.464. The Labute approximate surface area is 222 Å². The van der Waals surface area contributed by atoms with Crippen LogP contribution in [0.4, 0.5) is 5.69 Å². The lowest BCUT2D eigenvalue weighted by atomic mass is 9.68. The van der Waals surface area contributed by atoms with E-state index in [1.165, 1.54) is 0 Å². The largest absolute Gasteiger partial charge is 0.496 e. The minimum atomic E-state index is -0.590. The Morgan fingerprint density at radius 1 is 1.13 bits per heavy atom. The molecule has 0 saturated heterocycles. The van der Waals surface area contributed by atoms with Gasteiger partial charge >= 0.3 is 0 Å². The number of anilines is 1. The molecule has 0 saturated carbocycles. The average molecular weight is 507 g/mol. The van der Waals surface area contributed by atoms with Gasteiger partial charge in [-0.15, -0.1) is 0 Å². The molecule has 0 amide bonds. The van der Waals surface area contributed by atoms with Gasteiger partial charge in [0, 0.05) is 29.5 Å². The lowest BCUT2D eigenvalue weighted by molar-refractivity contribution is -0.118. The van der Waals surface area contributed by atoms with Crippen LogP contribution in [0.1, 0.15) is 43.7 Å². The number of Topliss-reactive ketones (excluding diaryl/α,β-unsaturated/α-hetero) is 1. The van der Waals surface area contributed by atoms with Crippen molar-refractivity contribution in [2.75, 3.05) is 12.0 Å². The third-order valence-electron chi connectivity index (χ3n) is 7.06. The first-order valence-corrected chi connectivity index (χ1v) is 12.5. The molecule has 5 rings (SSSR count). The van der Waals surface area contributed by atoms with Gasteiger partial charge < -0.3 is 15.2 Å². The first-order chi connectivity index (χ1) is 18.3. The molecule has 38 heavy (non-hydrogen) atoms. The third-order valence-corrected chi connectivity index (χ3v) is 7.06. The van der Waals surface area contributed by atoms with Gasteiger partial charge in [-0.3, -0.25) is 14.7 Å². The highest BCUT2D eigenvalue weighted by Crippen LogP contribution is 2.50. The van der Waals surface area contributed by atoms with Crippen molar-refractivity contribution >= 4 is 11.5 Å². The zero-order valence-electron chi connectivity index (χ0n) is 21.8. The minimum absolute atomic E-state index is 0.0216. The second-order valence-electron chi connectivity index (χ2n) is 10.4. The van der Waals surface area contributed by atoms with Crippen LogP contribution in [0.15, 0.2) is 95.7 Å². The summed E-state index contributed by atoms with van der Waals surface area (Å²) in [6.45, 7) is 4.43. The van der Waals surface area contributed by atoms with Gasteiger partial charge in [0.05, 0.1) is 36.6 Å². The summed E-state index contributed by atoms with van der Waals surface area (Å²) >= 11 is 0. The molecule has 2 heterocycles. The van der Waals surface area contributed by atoms with Crippen molar-refractivity contribution in [1.82, 2.24) is 4.98 Å². The Morgan fingerprint density at radius 2 is 1.92 bits per heavy atom. The van der Waals surface area contributed by atoms with Gasteiger partial charge in [-0.05, 0) is 53.8 Å². The van der Waals surface area contributed by atoms with Gasteiger partial charge in [0.15, 0.2) is 5.78 Å². The molecule has 0 unspecified atom stereocenters. The number of carbonyl (C=O) groups is 1. The SMILES string of the molecule is COc1ccc([C@@H]2C(C#N)=C(N)N(c3cccnc3)C3=C2C(=O)CC(C)(C)C3)cc1COc1ccccc1. The molecule has 7 nitrogen and oxygen atoms in total. The van der Waals surface area contributed by atoms with E-state index in [9.17, 15) is 10.1 Å². The number of allylic oxidation sites excluding steroid dienone is 3. The number of ether oxygens (including phenoxy) is 2. The summed E-state index contributed by atoms with van der Waals surface area (Å²) in [6, 6.07) is 21.3. The van der Waals surface area contributed by atoms with E-state index in [4.69, 9.17) is 15.2 Å². The van der Waals surface area contributed by atoms with Gasteiger partial charge in [-0.1, -0.05) is 38.1 Å². The van der Waals surface area contributed by atoms with E-state index >= 15 is 0 Å². The number of hydrogen-bond donors (Lipinski definition) is 1. The van der Waals surface area contributed by atoms with Crippen molar-refractivity contribution in [3.63, 3.8) is 0 Å². The standard InChI is InChI=1S/C31H30N4O3/c1-31(2)15-25-29(26(36)16-31)28(24(17-32)30(33)35(25)22-8-7-13-34-18-22)20-11-12-27(37-3)21(14-20)19-38-23-9-5-4-6-10-23/h4-14,18,28H,15-16,19,33H2,1-3H3/t28-/m1/s1. The second-order valence-corrected chi connectivity index (χ2v) is 10.4. The van der Waals surface area contributed by atoms with Crippen LogP contribution in [0.3, 0.4) is 0 Å². The number of para-hydroxylation sites is 1. The van der Waals surface area contributed by atoms with E-state index in [1.54, 1.807) is 19.5 Å². The lowest BCUT2D eigenvalue weighted by Gasteiger charge is -2.43. The summed E-state index contributed by atoms with van der Waals surface area (Å²) in [7, 11) is 1.61. The van der Waals surface area contributed by atoms with Crippen molar-refractivity contribution in [3.05, 3.63) is 107 Å². The van der Waals surface area contributed by atoms with Gasteiger partial charge in [0.1, 0.15) is 23.9 Å². The van der Waals surface area contributed by atoms with Crippen molar-refractivity contribution < 1.29 is 14.3 Å². The van der Waals surface area contributed by atoms with Crippen molar-refractivity contribution in [2.24, 2.45) is 11.1 Å². The van der Waals surface area contributed by atoms with Crippen LogP contribution in [-0.4, -0.2) is 17.9 Å². The summed E-state index contributed by atoms with van der Waals surface area (Å²) in [5, 5.41) is 10.3. The Morgan fingerprint density at radius 3 is 2.61 bits per heavy atom. The van der Waals surface area contributed by atoms with E-state index in [0.717, 1.165) is 28.3 Å². The van der Waals surface area contributed by atoms with Crippen LogP contribution in [0, 0.1) is 16.7 Å². The minimum Gasteiger partial charge on any atom is -0.496 e. The summed E-state index contributed by atoms with van der Waals surface area (Å²) in [5.41, 5.74) is 10.6. The molecule has 0 bridgehead atoms. The van der Waals surface area contributed by atoms with Crippen LogP contribution in [0.2, 0.25) is 0 Å². The fraction of sp³-hybridized carbons (Fsp3) is 0.258. The highest BCUT2D eigenvalue weighted by molar-refractivity contribution is 6.01. The molecule has 192 valence electrons. The maximum atomic E-state index is 13.8. The Hall–Kier alpha value is -4.57. The highest BCUT2D eigenvalue weighted by Gasteiger charge is 2.44. The monoisotopic (exact) mass is 506 g/mol. The fourth-order valence-electron chi connectivity index (χ4n) is 5.39. The Kier molecular flexibility index (Phi) is 6.64. The molecule has 1 aliphatic carbocycles. The molecular weight excluding hydrogens is 476 g/mol. The maximum Gasteiger partial charge on any atom is 0.162 e. The topological polar surface area (TPSA) is 101 Å². The van der Waals surface area contributed by atoms with Crippen molar-refractivity contribution in [3.8, 4) is 17.6 Å². The molecule has 1 aliphatic heterocycles. The molecule has 1 atom stereocenters. The number of pyridine rings is 1. The number of ketones is 1. The van der Waals surface area contributed by atoms with Gasteiger partial charge in [-0.2, -0.15) is 5.26 Å². The predicted octanol–water partition coefficient (Wildman–Crippen LogP) is 5.61. The van der Waals surface area contributed by atoms with Gasteiger partial charge in [-0.25, -0.2) is 0 Å². The number of nitrogens with two attached hydrogens (primary N) is 1. The van der Waals surface area contributed by atoms with E-state index in [0.29, 0.717) is 35.6 Å². The van der Waals surface area contributed by atoms with Crippen LogP contribution in [0.25, 0.3) is 0 Å². The number of carbonyl (C=O) groups excluding carboxylic acids is 1. The normalized spacial score (nSPS) is 18.6. The van der Waals surface area contributed by atoms with Crippen LogP contribution in [-0.2, 0) is 11.4 Å². The number of benzene rings is 2. The molecule has 2 N–H and O–H groups in total. The highest BCUT2D eigenvalue weighted by atomic mass is 16.5. The molecule has 1 aromatic heterocycles. The third kappa shape index (κ3) is 4.61. The number of nitrogens with zero attached hydrogens (tertiary/aromatic N) is 3. The number of aromatic nitrogens is 1. The van der Waals surface area contributed by atoms with Crippen LogP contribution >= 0.6 is 0 Å². The lowest BCUT2D eigenvalue weighted by Crippen LogP contribution is -2.42. The fourth-order valence-corrected chi connectivity index (χ4v) is 5.39. The zero-order chi connectivity index (χ0) is 26.9. The van der Waals surface area contributed by atoms with E-state index in [-0.39, 0.29) is 17.8 Å². The van der Waals surface area contributed by atoms with Crippen molar-refractivity contribution in [1.29, 1.82) is 5.26 Å². The predicted molar refractivity (Wildman–Crippen MR) is 145 cm³/mol. The van der Waals surface area contributed by atoms with Crippen LogP contribution < -0.4 is 20.1 Å². The van der Waals surface area contributed by atoms with E-state index in [2.05, 4.69) is 24.9 Å². The summed E-state index contributed by atoms with van der Waals surface area (Å²) in [4.78, 5) is 19.9. The first-order valence-electron chi connectivity index (χ1n) is 12.5. The van der Waals surface area contributed by atoms with Crippen molar-refractivity contribution in [2.45, 2.75) is 39.2 Å². The molecule has 0 fully saturated rings. The average Bonchev–Trinajstić information content (AvgIpc) is 2.91. The van der Waals surface area contributed by atoms with Gasteiger partial charge in [0.25, 0.3) is 0 Å². The molecule has 7 heteroatoms.